The average molecular weight is 792 g/mol. The molecular weight excluding hydrogens is 763 g/mol. The van der Waals surface area contributed by atoms with Crippen molar-refractivity contribution in [1.29, 1.82) is 0 Å². The Morgan fingerprint density at radius 1 is 0.932 bits per heavy atom. The molecule has 1 radical (unpaired) electrons. The van der Waals surface area contributed by atoms with Gasteiger partial charge in [-0.2, -0.15) is 9.97 Å². The van der Waals surface area contributed by atoms with Crippen LogP contribution in [0.3, 0.4) is 0 Å². The van der Waals surface area contributed by atoms with Gasteiger partial charge in [-0.1, -0.05) is 24.3 Å². The van der Waals surface area contributed by atoms with Crippen LogP contribution in [0.15, 0.2) is 54.9 Å². The van der Waals surface area contributed by atoms with Gasteiger partial charge in [0.1, 0.15) is 6.54 Å². The number of carbonyl (C=O) groups is 1. The van der Waals surface area contributed by atoms with Crippen molar-refractivity contribution in [2.75, 3.05) is 33.5 Å². The molecule has 0 spiro atoms. The number of nitro groups is 2. The van der Waals surface area contributed by atoms with Crippen molar-refractivity contribution in [3.63, 3.8) is 0 Å². The molecule has 44 heavy (non-hydrogen) atoms. The van der Waals surface area contributed by atoms with Crippen molar-refractivity contribution in [3.05, 3.63) is 86.2 Å². The normalized spacial score (nSPS) is 10.2. The fourth-order valence-corrected chi connectivity index (χ4v) is 3.68. The van der Waals surface area contributed by atoms with Crippen molar-refractivity contribution < 1.29 is 59.5 Å². The number of hydrogen-bond donors (Lipinski definition) is 3. The first-order valence-electron chi connectivity index (χ1n) is 12.8. The maximum Gasteiger partial charge on any atom is 0.321 e. The van der Waals surface area contributed by atoms with Gasteiger partial charge in [0.2, 0.25) is 11.8 Å². The Balaban J connectivity index is 0.00000162. The quantitative estimate of drug-likeness (QED) is 0.0946. The van der Waals surface area contributed by atoms with Gasteiger partial charge in [0.15, 0.2) is 11.2 Å². The van der Waals surface area contributed by atoms with Gasteiger partial charge < -0.3 is 24.5 Å². The number of ether oxygens (including phenoxy) is 2. The van der Waals surface area contributed by atoms with Crippen LogP contribution < -0.4 is 14.8 Å². The molecule has 0 saturated carbocycles. The third kappa shape index (κ3) is 10.6. The van der Waals surface area contributed by atoms with Crippen molar-refractivity contribution in [1.82, 2.24) is 24.8 Å². The van der Waals surface area contributed by atoms with E-state index in [1.165, 1.54) is 42.3 Å². The first-order chi connectivity index (χ1) is 20.7. The van der Waals surface area contributed by atoms with Crippen LogP contribution in [-0.4, -0.2) is 79.1 Å². The Hall–Kier alpha value is -4.61. The molecule has 17 nitrogen and oxygen atoms in total. The SMILES string of the molecule is COO.O=C(Cn1cnc2c(OCCc3ccc([N+](=O)[O-])cc3)nc(OCCc3ccc([N+](=O)[O-])cc3)nc21)NCCO.[Ir]. The first kappa shape index (κ1) is 35.6. The minimum absolute atomic E-state index is 0. The topological polar surface area (TPSA) is 227 Å². The predicted octanol–water partition coefficient (Wildman–Crippen LogP) is 2.10. The van der Waals surface area contributed by atoms with Gasteiger partial charge in [0.05, 0.1) is 43.1 Å². The number of fused-ring (bicyclic) bond motifs is 1. The van der Waals surface area contributed by atoms with E-state index in [1.807, 2.05) is 0 Å². The number of amides is 1. The van der Waals surface area contributed by atoms with Crippen molar-refractivity contribution >= 4 is 28.4 Å². The molecule has 18 heteroatoms. The molecule has 1 amide bonds. The van der Waals surface area contributed by atoms with E-state index in [-0.39, 0.29) is 82.2 Å². The van der Waals surface area contributed by atoms with E-state index in [9.17, 15) is 25.0 Å². The van der Waals surface area contributed by atoms with Gasteiger partial charge in [-0.3, -0.25) is 30.3 Å². The standard InChI is InChI=1S/C25H25N7O8.CH4O2.Ir/c33-12-11-26-21(34)15-30-16-27-22-23(30)28-25(40-14-10-18-3-7-20(8-4-18)32(37)38)29-24(22)39-13-9-17-1-5-19(6-2-17)31(35)36;1-3-2;/h1-8,16,33H,9-15H2,(H,26,34);2H,1H3;. The van der Waals surface area contributed by atoms with Crippen LogP contribution in [-0.2, 0) is 49.2 Å². The Morgan fingerprint density at radius 3 is 1.95 bits per heavy atom. The molecule has 4 aromatic rings. The zero-order valence-corrected chi connectivity index (χ0v) is 25.7. The van der Waals surface area contributed by atoms with Crippen LogP contribution >= 0.6 is 0 Å². The summed E-state index contributed by atoms with van der Waals surface area (Å²) in [6, 6.07) is 12.2. The van der Waals surface area contributed by atoms with Gasteiger partial charge in [0, 0.05) is 63.8 Å². The number of benzene rings is 2. The number of imidazole rings is 1. The van der Waals surface area contributed by atoms with E-state index in [4.69, 9.17) is 19.8 Å². The summed E-state index contributed by atoms with van der Waals surface area (Å²) in [5, 5.41) is 40.3. The van der Waals surface area contributed by atoms with E-state index >= 15 is 0 Å². The average Bonchev–Trinajstić information content (AvgIpc) is 3.39. The van der Waals surface area contributed by atoms with Gasteiger partial charge in [-0.05, 0) is 11.1 Å². The molecular formula is C26H29IrN7O10. The second-order valence-electron chi connectivity index (χ2n) is 8.66. The van der Waals surface area contributed by atoms with E-state index in [2.05, 4.69) is 25.2 Å². The van der Waals surface area contributed by atoms with Gasteiger partial charge in [0.25, 0.3) is 11.4 Å². The van der Waals surface area contributed by atoms with Crippen LogP contribution in [0.5, 0.6) is 11.9 Å². The molecule has 2 heterocycles. The van der Waals surface area contributed by atoms with E-state index in [0.717, 1.165) is 11.1 Å². The fourth-order valence-electron chi connectivity index (χ4n) is 3.68. The van der Waals surface area contributed by atoms with E-state index in [1.54, 1.807) is 24.3 Å². The number of nitrogens with one attached hydrogen (secondary N) is 1. The second kappa shape index (κ2) is 18.1. The molecule has 0 fully saturated rings. The maximum atomic E-state index is 12.2. The Labute approximate surface area is 263 Å². The van der Waals surface area contributed by atoms with Gasteiger partial charge >= 0.3 is 6.01 Å². The summed E-state index contributed by atoms with van der Waals surface area (Å²) in [6.07, 6.45) is 2.28. The molecule has 0 aliphatic heterocycles. The summed E-state index contributed by atoms with van der Waals surface area (Å²) in [5.74, 6) is -0.222. The predicted molar refractivity (Wildman–Crippen MR) is 150 cm³/mol. The molecule has 4 rings (SSSR count). The Morgan fingerprint density at radius 2 is 1.45 bits per heavy atom. The summed E-state index contributed by atoms with van der Waals surface area (Å²) in [6.45, 7) is 0.136. The van der Waals surface area contributed by atoms with Crippen LogP contribution in [0.4, 0.5) is 11.4 Å². The van der Waals surface area contributed by atoms with Gasteiger partial charge in [-0.15, -0.1) is 0 Å². The number of carbonyl (C=O) groups excluding carboxylic acids is 1. The first-order valence-corrected chi connectivity index (χ1v) is 12.8. The van der Waals surface area contributed by atoms with Crippen LogP contribution in [0, 0.1) is 20.2 Å². The molecule has 0 aliphatic rings. The zero-order chi connectivity index (χ0) is 31.2. The zero-order valence-electron chi connectivity index (χ0n) is 23.3. The number of rotatable bonds is 14. The van der Waals surface area contributed by atoms with Crippen LogP contribution in [0.25, 0.3) is 11.2 Å². The Kier molecular flexibility index (Phi) is 14.7. The second-order valence-corrected chi connectivity index (χ2v) is 8.66. The number of aliphatic hydroxyl groups excluding tert-OH is 1. The summed E-state index contributed by atoms with van der Waals surface area (Å²) >= 11 is 0. The smallest absolute Gasteiger partial charge is 0.321 e. The fraction of sp³-hybridized carbons (Fsp3) is 0.308. The molecule has 2 aromatic carbocycles. The number of aromatic nitrogens is 4. The maximum absolute atomic E-state index is 12.2. The van der Waals surface area contributed by atoms with Crippen molar-refractivity contribution in [3.8, 4) is 11.9 Å². The monoisotopic (exact) mass is 792 g/mol. The van der Waals surface area contributed by atoms with Crippen molar-refractivity contribution in [2.24, 2.45) is 0 Å². The number of nitro benzene ring substituents is 2. The molecule has 2 aromatic heterocycles. The molecule has 0 aliphatic carbocycles. The van der Waals surface area contributed by atoms with Crippen LogP contribution in [0.1, 0.15) is 11.1 Å². The summed E-state index contributed by atoms with van der Waals surface area (Å²) in [4.78, 5) is 49.3. The molecule has 0 bridgehead atoms. The summed E-state index contributed by atoms with van der Waals surface area (Å²) < 4.78 is 13.1. The minimum Gasteiger partial charge on any atom is -0.476 e. The number of aliphatic hydroxyl groups is 1. The van der Waals surface area contributed by atoms with E-state index < -0.39 is 9.85 Å². The molecule has 237 valence electrons. The molecule has 0 saturated heterocycles. The molecule has 0 unspecified atom stereocenters. The minimum atomic E-state index is -0.472. The Bertz CT molecular complexity index is 1520. The van der Waals surface area contributed by atoms with E-state index in [0.29, 0.717) is 24.0 Å². The van der Waals surface area contributed by atoms with Crippen LogP contribution in [0.2, 0.25) is 0 Å². The molecule has 3 N–H and O–H groups in total. The molecule has 0 atom stereocenters. The summed E-state index contributed by atoms with van der Waals surface area (Å²) in [7, 11) is 1.18. The summed E-state index contributed by atoms with van der Waals surface area (Å²) in [5.41, 5.74) is 2.22. The number of nitrogens with zero attached hydrogens (tertiary/aromatic N) is 6. The third-order valence-electron chi connectivity index (χ3n) is 5.71. The largest absolute Gasteiger partial charge is 0.476 e. The third-order valence-corrected chi connectivity index (χ3v) is 5.71. The number of hydrogen-bond acceptors (Lipinski definition) is 13. The van der Waals surface area contributed by atoms with Gasteiger partial charge in [-0.25, -0.2) is 9.87 Å². The van der Waals surface area contributed by atoms with Crippen molar-refractivity contribution in [2.45, 2.75) is 19.4 Å². The number of non-ortho nitro benzene ring substituents is 2.